The van der Waals surface area contributed by atoms with Crippen LogP contribution in [-0.2, 0) is 17.8 Å². The van der Waals surface area contributed by atoms with Crippen molar-refractivity contribution >= 4 is 33.1 Å². The largest absolute Gasteiger partial charge is 0.325 e. The molecule has 3 rings (SSSR count). The third kappa shape index (κ3) is 2.92. The first-order valence-corrected chi connectivity index (χ1v) is 7.82. The maximum atomic E-state index is 12.4. The second kappa shape index (κ2) is 6.11. The van der Waals surface area contributed by atoms with E-state index in [-0.39, 0.29) is 18.0 Å². The quantitative estimate of drug-likeness (QED) is 0.805. The minimum Gasteiger partial charge on any atom is -0.325 e. The molecule has 2 aromatic heterocycles. The van der Waals surface area contributed by atoms with Crippen molar-refractivity contribution in [1.29, 1.82) is 0 Å². The number of aromatic nitrogens is 2. The van der Waals surface area contributed by atoms with Crippen LogP contribution in [0, 0.1) is 0 Å². The molecule has 6 heteroatoms. The van der Waals surface area contributed by atoms with Crippen LogP contribution in [0.25, 0.3) is 10.2 Å². The summed E-state index contributed by atoms with van der Waals surface area (Å²) < 4.78 is 1.34. The Labute approximate surface area is 131 Å². The number of benzene rings is 1. The molecule has 2 heterocycles. The van der Waals surface area contributed by atoms with E-state index in [1.165, 1.54) is 22.2 Å². The first-order chi connectivity index (χ1) is 10.7. The molecular formula is C16H15N3O2S. The minimum absolute atomic E-state index is 0.0476. The van der Waals surface area contributed by atoms with Crippen LogP contribution in [0.15, 0.2) is 47.5 Å². The molecule has 0 aliphatic heterocycles. The van der Waals surface area contributed by atoms with E-state index < -0.39 is 0 Å². The fraction of sp³-hybridized carbons (Fsp3) is 0.188. The highest BCUT2D eigenvalue weighted by Crippen LogP contribution is 2.20. The Morgan fingerprint density at radius 1 is 1.32 bits per heavy atom. The van der Waals surface area contributed by atoms with Crippen LogP contribution in [0.1, 0.15) is 11.8 Å². The van der Waals surface area contributed by atoms with Crippen LogP contribution in [0.2, 0.25) is 0 Å². The van der Waals surface area contributed by atoms with Gasteiger partial charge in [-0.2, -0.15) is 0 Å². The van der Waals surface area contributed by atoms with Crippen LogP contribution in [0.4, 0.5) is 5.69 Å². The molecule has 0 spiro atoms. The lowest BCUT2D eigenvalue weighted by atomic mass is 10.3. The summed E-state index contributed by atoms with van der Waals surface area (Å²) in [6.07, 6.45) is 2.31. The third-order valence-electron chi connectivity index (χ3n) is 3.29. The molecule has 112 valence electrons. The predicted octanol–water partition coefficient (Wildman–Crippen LogP) is 2.66. The first kappa shape index (κ1) is 14.5. The van der Waals surface area contributed by atoms with Crippen molar-refractivity contribution in [3.8, 4) is 0 Å². The monoisotopic (exact) mass is 313 g/mol. The lowest BCUT2D eigenvalue weighted by Crippen LogP contribution is -2.27. The molecule has 1 aromatic carbocycles. The Morgan fingerprint density at radius 2 is 2.09 bits per heavy atom. The molecular weight excluding hydrogens is 298 g/mol. The Balaban J connectivity index is 1.83. The number of hydrogen-bond acceptors (Lipinski definition) is 4. The van der Waals surface area contributed by atoms with Crippen molar-refractivity contribution in [3.63, 3.8) is 0 Å². The molecule has 1 N–H and O–H groups in total. The number of amides is 1. The van der Waals surface area contributed by atoms with Crippen LogP contribution in [-0.4, -0.2) is 15.5 Å². The van der Waals surface area contributed by atoms with Gasteiger partial charge in [-0.1, -0.05) is 25.1 Å². The maximum absolute atomic E-state index is 12.4. The molecule has 0 fully saturated rings. The van der Waals surface area contributed by atoms with E-state index in [1.54, 1.807) is 12.1 Å². The number of nitrogens with one attached hydrogen (secondary N) is 1. The summed E-state index contributed by atoms with van der Waals surface area (Å²) >= 11 is 1.52. The highest BCUT2D eigenvalue weighted by Gasteiger charge is 2.10. The number of rotatable bonds is 4. The van der Waals surface area contributed by atoms with Crippen molar-refractivity contribution in [1.82, 2.24) is 9.55 Å². The van der Waals surface area contributed by atoms with Gasteiger partial charge < -0.3 is 5.32 Å². The molecule has 0 saturated carbocycles. The average molecular weight is 313 g/mol. The molecule has 5 nitrogen and oxygen atoms in total. The van der Waals surface area contributed by atoms with E-state index >= 15 is 0 Å². The Morgan fingerprint density at radius 3 is 2.82 bits per heavy atom. The normalized spacial score (nSPS) is 10.8. The van der Waals surface area contributed by atoms with Gasteiger partial charge >= 0.3 is 0 Å². The first-order valence-electron chi connectivity index (χ1n) is 7.00. The summed E-state index contributed by atoms with van der Waals surface area (Å²) in [5, 5.41) is 3.34. The van der Waals surface area contributed by atoms with Gasteiger partial charge in [-0.05, 0) is 24.6 Å². The highest BCUT2D eigenvalue weighted by atomic mass is 32.1. The van der Waals surface area contributed by atoms with E-state index in [9.17, 15) is 9.59 Å². The average Bonchev–Trinajstić information content (AvgIpc) is 2.95. The van der Waals surface area contributed by atoms with Gasteiger partial charge in [0.15, 0.2) is 0 Å². The lowest BCUT2D eigenvalue weighted by molar-refractivity contribution is -0.116. The molecule has 0 aliphatic carbocycles. The van der Waals surface area contributed by atoms with Crippen LogP contribution < -0.4 is 10.9 Å². The smallest absolute Gasteiger partial charge is 0.262 e. The van der Waals surface area contributed by atoms with Crippen LogP contribution in [0.5, 0.6) is 0 Å². The molecule has 1 amide bonds. The third-order valence-corrected chi connectivity index (χ3v) is 4.48. The second-order valence-electron chi connectivity index (χ2n) is 4.88. The molecule has 22 heavy (non-hydrogen) atoms. The molecule has 3 aromatic rings. The molecule has 0 radical (unpaired) electrons. The number of aryl methyl sites for hydroxylation is 1. The summed E-state index contributed by atoms with van der Waals surface area (Å²) in [7, 11) is 0. The van der Waals surface area contributed by atoms with Crippen molar-refractivity contribution in [2.24, 2.45) is 0 Å². The lowest BCUT2D eigenvalue weighted by Gasteiger charge is -2.06. The summed E-state index contributed by atoms with van der Waals surface area (Å²) in [6.45, 7) is 1.99. The van der Waals surface area contributed by atoms with Crippen LogP contribution >= 0.6 is 11.3 Å². The Bertz CT molecular complexity index is 868. The number of anilines is 1. The second-order valence-corrected chi connectivity index (χ2v) is 5.99. The standard InChI is InChI=1S/C16H15N3O2S/c1-2-12-8-13-15(22-12)17-10-19(16(13)21)9-14(20)18-11-6-4-3-5-7-11/h3-8,10H,2,9H2,1H3,(H,18,20). The number of thiophene rings is 1. The summed E-state index contributed by atoms with van der Waals surface area (Å²) in [5.41, 5.74) is 0.530. The highest BCUT2D eigenvalue weighted by molar-refractivity contribution is 7.18. The number of carbonyl (C=O) groups is 1. The Hall–Kier alpha value is -2.47. The van der Waals surface area contributed by atoms with E-state index in [0.29, 0.717) is 11.1 Å². The van der Waals surface area contributed by atoms with Gasteiger partial charge in [-0.15, -0.1) is 11.3 Å². The molecule has 0 aliphatic rings. The predicted molar refractivity (Wildman–Crippen MR) is 88.3 cm³/mol. The topological polar surface area (TPSA) is 64.0 Å². The van der Waals surface area contributed by atoms with Gasteiger partial charge in [0.05, 0.1) is 11.7 Å². The fourth-order valence-corrected chi connectivity index (χ4v) is 3.10. The molecule has 0 unspecified atom stereocenters. The van der Waals surface area contributed by atoms with Gasteiger partial charge in [0.2, 0.25) is 5.91 Å². The van der Waals surface area contributed by atoms with Gasteiger partial charge in [0.1, 0.15) is 11.4 Å². The van der Waals surface area contributed by atoms with Crippen molar-refractivity contribution in [3.05, 3.63) is 58.0 Å². The zero-order valence-corrected chi connectivity index (χ0v) is 12.9. The summed E-state index contributed by atoms with van der Waals surface area (Å²) in [4.78, 5) is 30.5. The number of para-hydroxylation sites is 1. The number of carbonyl (C=O) groups excluding carboxylic acids is 1. The van der Waals surface area contributed by atoms with Gasteiger partial charge in [0, 0.05) is 10.6 Å². The van der Waals surface area contributed by atoms with Crippen molar-refractivity contribution in [2.45, 2.75) is 19.9 Å². The SMILES string of the molecule is CCc1cc2c(=O)n(CC(=O)Nc3ccccc3)cnc2s1. The summed E-state index contributed by atoms with van der Waals surface area (Å²) in [6, 6.07) is 11.0. The van der Waals surface area contributed by atoms with Crippen LogP contribution in [0.3, 0.4) is 0 Å². The van der Waals surface area contributed by atoms with Crippen molar-refractivity contribution < 1.29 is 4.79 Å². The van der Waals surface area contributed by atoms with E-state index in [1.807, 2.05) is 31.2 Å². The molecule has 0 atom stereocenters. The zero-order valence-electron chi connectivity index (χ0n) is 12.1. The van der Waals surface area contributed by atoms with E-state index in [4.69, 9.17) is 0 Å². The van der Waals surface area contributed by atoms with Gasteiger partial charge in [-0.3, -0.25) is 14.2 Å². The van der Waals surface area contributed by atoms with Crippen molar-refractivity contribution in [2.75, 3.05) is 5.32 Å². The van der Waals surface area contributed by atoms with E-state index in [0.717, 1.165) is 16.1 Å². The maximum Gasteiger partial charge on any atom is 0.262 e. The molecule has 0 saturated heterocycles. The van der Waals surface area contributed by atoms with Gasteiger partial charge in [-0.25, -0.2) is 4.98 Å². The fourth-order valence-electron chi connectivity index (χ4n) is 2.17. The zero-order chi connectivity index (χ0) is 15.5. The Kier molecular flexibility index (Phi) is 4.02. The summed E-state index contributed by atoms with van der Waals surface area (Å²) in [5.74, 6) is -0.250. The number of fused-ring (bicyclic) bond motifs is 1. The number of nitrogens with zero attached hydrogens (tertiary/aromatic N) is 2. The van der Waals surface area contributed by atoms with E-state index in [2.05, 4.69) is 10.3 Å². The number of hydrogen-bond donors (Lipinski definition) is 1. The van der Waals surface area contributed by atoms with Gasteiger partial charge in [0.25, 0.3) is 5.56 Å². The molecule has 0 bridgehead atoms. The minimum atomic E-state index is -0.250.